The molecule has 684 valence electrons. The van der Waals surface area contributed by atoms with Crippen molar-refractivity contribution in [3.63, 3.8) is 0 Å². The molecule has 0 radical (unpaired) electrons. The summed E-state index contributed by atoms with van der Waals surface area (Å²) in [6, 6.07) is -4.57. The molecule has 32 atom stereocenters. The molecule has 6 aliphatic heterocycles. The number of hydrogen-bond acceptors (Lipinski definition) is 32. The predicted molar refractivity (Wildman–Crippen MR) is 420 cm³/mol. The maximum atomic E-state index is 13.7. The van der Waals surface area contributed by atoms with E-state index in [2.05, 4.69) is 29.8 Å². The van der Waals surface area contributed by atoms with Gasteiger partial charge < -0.3 is 160 Å². The molecular weight excluding hydrogens is 1540 g/mol. The van der Waals surface area contributed by atoms with E-state index in [1.165, 1.54) is 155 Å². The lowest BCUT2D eigenvalue weighted by Crippen LogP contribution is -2.71. The van der Waals surface area contributed by atoms with Crippen LogP contribution >= 0.6 is 0 Å². The molecule has 20 N–H and O–H groups in total. The van der Waals surface area contributed by atoms with Crippen LogP contribution in [0, 0.1) is 0 Å². The molecule has 0 aromatic rings. The topological polar surface area (TPSA) is 542 Å². The molecule has 0 aliphatic carbocycles. The number of amides is 3. The molecule has 117 heavy (non-hydrogen) atoms. The van der Waals surface area contributed by atoms with Gasteiger partial charge in [0, 0.05) is 20.3 Å². The molecule has 0 aromatic carbocycles. The van der Waals surface area contributed by atoms with Gasteiger partial charge >= 0.3 is 0 Å². The first kappa shape index (κ1) is 103. The Balaban J connectivity index is 1.16. The highest BCUT2D eigenvalue weighted by molar-refractivity contribution is 5.76. The second-order valence-electron chi connectivity index (χ2n) is 32.8. The van der Waals surface area contributed by atoms with E-state index in [0.29, 0.717) is 12.8 Å². The van der Waals surface area contributed by atoms with E-state index in [4.69, 9.17) is 56.8 Å². The summed E-state index contributed by atoms with van der Waals surface area (Å²) in [5.41, 5.74) is 0. The van der Waals surface area contributed by atoms with Gasteiger partial charge in [0.2, 0.25) is 17.7 Å². The van der Waals surface area contributed by atoms with Gasteiger partial charge in [0.1, 0.15) is 140 Å². The van der Waals surface area contributed by atoms with Crippen LogP contribution in [0.15, 0.2) is 12.2 Å². The van der Waals surface area contributed by atoms with Gasteiger partial charge in [-0.1, -0.05) is 219 Å². The minimum Gasteiger partial charge on any atom is -0.394 e. The number of aliphatic hydroxyl groups is 17. The van der Waals surface area contributed by atoms with Crippen molar-refractivity contribution in [2.24, 2.45) is 0 Å². The Morgan fingerprint density at radius 1 is 0.350 bits per heavy atom. The van der Waals surface area contributed by atoms with E-state index >= 15 is 0 Å². The van der Waals surface area contributed by atoms with Crippen LogP contribution in [0.4, 0.5) is 0 Å². The second-order valence-corrected chi connectivity index (χ2v) is 32.8. The summed E-state index contributed by atoms with van der Waals surface area (Å²) in [7, 11) is 0. The molecule has 0 bridgehead atoms. The Bertz CT molecular complexity index is 2690. The first-order chi connectivity index (χ1) is 56.3. The van der Waals surface area contributed by atoms with Crippen LogP contribution in [0.25, 0.3) is 0 Å². The fourth-order valence-electron chi connectivity index (χ4n) is 16.1. The largest absolute Gasteiger partial charge is 0.394 e. The lowest BCUT2D eigenvalue weighted by atomic mass is 9.94. The van der Waals surface area contributed by atoms with Crippen molar-refractivity contribution < 1.29 is 158 Å². The number of carbonyl (C=O) groups excluding carboxylic acids is 3. The van der Waals surface area contributed by atoms with E-state index in [1.807, 2.05) is 6.08 Å². The van der Waals surface area contributed by atoms with Crippen molar-refractivity contribution in [1.82, 2.24) is 16.0 Å². The molecule has 35 nitrogen and oxygen atoms in total. The average Bonchev–Trinajstić information content (AvgIpc) is 0.763. The smallest absolute Gasteiger partial charge is 0.220 e. The first-order valence-electron chi connectivity index (χ1n) is 43.8. The zero-order valence-corrected chi connectivity index (χ0v) is 69.6. The lowest BCUT2D eigenvalue weighted by molar-refractivity contribution is -0.401. The Labute approximate surface area is 690 Å². The van der Waals surface area contributed by atoms with Gasteiger partial charge in [-0.15, -0.1) is 0 Å². The van der Waals surface area contributed by atoms with Crippen molar-refractivity contribution in [3.05, 3.63) is 12.2 Å². The quantitative estimate of drug-likeness (QED) is 0.0298. The zero-order chi connectivity index (χ0) is 85.5. The summed E-state index contributed by atoms with van der Waals surface area (Å²) < 4.78 is 72.5. The fraction of sp³-hybridized carbons (Fsp3) is 0.939. The van der Waals surface area contributed by atoms with Crippen LogP contribution < -0.4 is 16.0 Å². The first-order valence-corrected chi connectivity index (χ1v) is 43.8. The van der Waals surface area contributed by atoms with Crippen molar-refractivity contribution in [2.45, 2.75) is 449 Å². The summed E-state index contributed by atoms with van der Waals surface area (Å²) in [6.07, 6.45) is -12.9. The van der Waals surface area contributed by atoms with Crippen LogP contribution in [0.1, 0.15) is 253 Å². The Morgan fingerprint density at radius 2 is 0.709 bits per heavy atom. The number of unbranched alkanes of at least 4 members (excludes halogenated alkanes) is 31. The van der Waals surface area contributed by atoms with E-state index in [0.717, 1.165) is 65.2 Å². The number of aliphatic hydroxyl groups excluding tert-OH is 17. The molecule has 0 saturated carbocycles. The zero-order valence-electron chi connectivity index (χ0n) is 69.6. The molecule has 6 rings (SSSR count). The molecule has 35 heteroatoms. The molecule has 3 amide bonds. The Hall–Kier alpha value is -3.01. The molecule has 12 unspecified atom stereocenters. The minimum absolute atomic E-state index is 0.154. The third-order valence-electron chi connectivity index (χ3n) is 23.2. The monoisotopic (exact) mass is 1690 g/mol. The number of nitrogens with one attached hydrogen (secondary N) is 3. The Kier molecular flexibility index (Phi) is 49.2. The van der Waals surface area contributed by atoms with E-state index in [1.54, 1.807) is 6.08 Å². The maximum absolute atomic E-state index is 13.7. The van der Waals surface area contributed by atoms with E-state index in [-0.39, 0.29) is 12.3 Å². The minimum atomic E-state index is -2.37. The van der Waals surface area contributed by atoms with Crippen molar-refractivity contribution >= 4 is 17.7 Å². The third kappa shape index (κ3) is 32.8. The summed E-state index contributed by atoms with van der Waals surface area (Å²) in [6.45, 7) is 2.22. The SMILES string of the molecule is CCCCCCCCCCCCC/C=C/[C@@H](O)[C@H](CO[C@@H]1OC(CO)[C@@H](O[C@@H]2OC(CO)[C@H](O[C@@H]3OC(CO)[C@H](O)[C@H](O)C3NC(C)=O)[C@H](O[C@H]3OC(CO)[C@H](O)[C@H](O[C@@H]4OC(CO)[C@@H](O)[C@H](O[C@H]5OC(C)[C@@H](O)C(O)[C@@H]5O)C4NC(C)=O)C3O)C2O)[C@H](O)C1O)NC(=O)CCCCCCCCCCCCCCCCCCCCCCC. The number of allylic oxidation sites excluding steroid dienone is 1. The summed E-state index contributed by atoms with van der Waals surface area (Å²) >= 11 is 0. The van der Waals surface area contributed by atoms with Gasteiger partial charge in [-0.25, -0.2) is 0 Å². The van der Waals surface area contributed by atoms with Gasteiger partial charge in [0.05, 0.1) is 57.9 Å². The van der Waals surface area contributed by atoms with E-state index in [9.17, 15) is 101 Å². The summed E-state index contributed by atoms with van der Waals surface area (Å²) in [5, 5.41) is 200. The average molecular weight is 1690 g/mol. The highest BCUT2D eigenvalue weighted by Gasteiger charge is 2.59. The highest BCUT2D eigenvalue weighted by atomic mass is 16.8. The van der Waals surface area contributed by atoms with Crippen LogP contribution in [-0.4, -0.2) is 340 Å². The van der Waals surface area contributed by atoms with Gasteiger partial charge in [-0.2, -0.15) is 0 Å². The maximum Gasteiger partial charge on any atom is 0.220 e. The standard InChI is InChI=1S/C82H149N3O32/c1-6-8-10-12-14-16-18-20-21-22-23-24-25-26-27-29-31-33-35-37-39-41-58(94)85-51(52(93)40-38-36-34-32-30-28-19-17-15-13-11-9-7-2)47-106-79-69(103)67(101)72(56(45-89)111-79)113-82-71(105)76(73(57(46-90)112-82)114-77-59(83-49(4)91)65(99)62(96)53(42-86)108-77)117-81-70(104)75(64(98)55(44-88)110-81)116-78-60(84-50(5)92)74(63(97)54(43-87)109-78)115-80-68(102)66(100)61(95)48(3)107-80/h38,40,48,51-57,59-82,86-90,93,95-105H,6-37,39,41-47H2,1-5H3,(H,83,91)(H,84,92)(H,85,94)/b40-38+/t48?,51-,52+,53?,54?,55?,56?,57?,59?,60?,61+,62-,63+,64-,65+,66?,67+,68-,69?,70?,71?,72+,73-,74+,75-,76+,77-,78-,79+,80+,81+,82-/m0/s1. The fourth-order valence-corrected chi connectivity index (χ4v) is 16.1. The summed E-state index contributed by atoms with van der Waals surface area (Å²) in [4.78, 5) is 39.3. The number of carbonyl (C=O) groups is 3. The Morgan fingerprint density at radius 3 is 1.20 bits per heavy atom. The van der Waals surface area contributed by atoms with Gasteiger partial charge in [-0.3, -0.25) is 14.4 Å². The molecular formula is C82H149N3O32. The molecule has 6 heterocycles. The second kappa shape index (κ2) is 56.1. The van der Waals surface area contributed by atoms with Crippen LogP contribution in [-0.2, 0) is 71.2 Å². The van der Waals surface area contributed by atoms with Crippen LogP contribution in [0.2, 0.25) is 0 Å². The van der Waals surface area contributed by atoms with Crippen LogP contribution in [0.5, 0.6) is 0 Å². The lowest BCUT2D eigenvalue weighted by Gasteiger charge is -2.51. The summed E-state index contributed by atoms with van der Waals surface area (Å²) in [5.74, 6) is -2.00. The normalized spacial score (nSPS) is 36.1. The number of rotatable bonds is 57. The molecule has 6 saturated heterocycles. The van der Waals surface area contributed by atoms with Crippen molar-refractivity contribution in [1.29, 1.82) is 0 Å². The number of hydrogen-bond donors (Lipinski definition) is 20. The van der Waals surface area contributed by atoms with Crippen molar-refractivity contribution in [3.8, 4) is 0 Å². The van der Waals surface area contributed by atoms with E-state index < -0.39 is 248 Å². The highest BCUT2D eigenvalue weighted by Crippen LogP contribution is 2.39. The molecule has 0 aromatic heterocycles. The van der Waals surface area contributed by atoms with Gasteiger partial charge in [0.25, 0.3) is 0 Å². The predicted octanol–water partition coefficient (Wildman–Crippen LogP) is 0.944. The van der Waals surface area contributed by atoms with Gasteiger partial charge in [-0.05, 0) is 26.2 Å². The van der Waals surface area contributed by atoms with Gasteiger partial charge in [0.15, 0.2) is 37.7 Å². The van der Waals surface area contributed by atoms with Crippen molar-refractivity contribution in [2.75, 3.05) is 39.6 Å². The molecule has 0 spiro atoms. The molecule has 6 fully saturated rings. The molecule has 6 aliphatic rings. The number of ether oxygens (including phenoxy) is 12. The third-order valence-corrected chi connectivity index (χ3v) is 23.2. The van der Waals surface area contributed by atoms with Crippen LogP contribution in [0.3, 0.4) is 0 Å².